The fraction of sp³-hybridized carbons (Fsp3) is 0.222. The van der Waals surface area contributed by atoms with Crippen LogP contribution in [-0.4, -0.2) is 41.6 Å². The number of hydrogen-bond acceptors (Lipinski definition) is 6. The molecule has 0 aliphatic carbocycles. The summed E-state index contributed by atoms with van der Waals surface area (Å²) in [5.41, 5.74) is 0.764. The molecule has 0 atom stereocenters. The second-order valence-electron chi connectivity index (χ2n) is 5.60. The van der Waals surface area contributed by atoms with Crippen LogP contribution in [0.1, 0.15) is 43.2 Å². The molecule has 2 aromatic rings. The third-order valence-electron chi connectivity index (χ3n) is 3.85. The molecule has 1 aromatic heterocycles. The maximum atomic E-state index is 12.2. The molecule has 2 heterocycles. The molecule has 1 aromatic carbocycles. The highest BCUT2D eigenvalue weighted by Gasteiger charge is 2.34. The van der Waals surface area contributed by atoms with Gasteiger partial charge in [-0.3, -0.25) is 24.1 Å². The summed E-state index contributed by atoms with van der Waals surface area (Å²) in [6, 6.07) is 10.0. The fourth-order valence-corrected chi connectivity index (χ4v) is 3.89. The highest BCUT2D eigenvalue weighted by molar-refractivity contribution is 9.11. The predicted molar refractivity (Wildman–Crippen MR) is 98.4 cm³/mol. The molecule has 1 aliphatic heterocycles. The van der Waals surface area contributed by atoms with Crippen LogP contribution in [0.2, 0.25) is 0 Å². The van der Waals surface area contributed by atoms with E-state index >= 15 is 0 Å². The van der Waals surface area contributed by atoms with Crippen molar-refractivity contribution in [3.8, 4) is 0 Å². The number of amides is 2. The van der Waals surface area contributed by atoms with Crippen LogP contribution in [0.3, 0.4) is 0 Å². The molecule has 26 heavy (non-hydrogen) atoms. The van der Waals surface area contributed by atoms with E-state index in [0.29, 0.717) is 16.0 Å². The van der Waals surface area contributed by atoms with Crippen molar-refractivity contribution in [2.24, 2.45) is 0 Å². The van der Waals surface area contributed by atoms with E-state index in [2.05, 4.69) is 15.9 Å². The maximum Gasteiger partial charge on any atom is 0.306 e. The van der Waals surface area contributed by atoms with E-state index < -0.39 is 5.97 Å². The number of ketones is 1. The van der Waals surface area contributed by atoms with Crippen molar-refractivity contribution in [3.05, 3.63) is 56.2 Å². The number of carbonyl (C=O) groups is 4. The highest BCUT2D eigenvalue weighted by Crippen LogP contribution is 2.23. The molecule has 0 bridgehead atoms. The quantitative estimate of drug-likeness (QED) is 0.378. The number of Topliss-reactive ketones (excluding diaryl/α,β-unsaturated/α-hetero) is 1. The monoisotopic (exact) mass is 435 g/mol. The van der Waals surface area contributed by atoms with Crippen LogP contribution in [-0.2, 0) is 9.53 Å². The SMILES string of the molecule is O=C(CCCN1C(=O)c2ccccc2C1=O)OCC(=O)c1ccc(Br)s1. The Bertz CT molecular complexity index is 856. The first-order valence-electron chi connectivity index (χ1n) is 7.87. The number of nitrogens with zero attached hydrogens (tertiary/aromatic N) is 1. The van der Waals surface area contributed by atoms with Gasteiger partial charge in [0.2, 0.25) is 5.78 Å². The van der Waals surface area contributed by atoms with Gasteiger partial charge < -0.3 is 4.74 Å². The van der Waals surface area contributed by atoms with Gasteiger partial charge in [0.15, 0.2) is 6.61 Å². The van der Waals surface area contributed by atoms with Crippen molar-refractivity contribution >= 4 is 50.8 Å². The summed E-state index contributed by atoms with van der Waals surface area (Å²) in [5.74, 6) is -1.50. The van der Waals surface area contributed by atoms with Crippen LogP contribution >= 0.6 is 27.3 Å². The van der Waals surface area contributed by atoms with Crippen LogP contribution < -0.4 is 0 Å². The Labute approximate surface area is 161 Å². The Kier molecular flexibility index (Phi) is 5.63. The van der Waals surface area contributed by atoms with Crippen molar-refractivity contribution in [1.82, 2.24) is 4.90 Å². The van der Waals surface area contributed by atoms with Crippen LogP contribution in [0.15, 0.2) is 40.2 Å². The molecule has 1 aliphatic rings. The molecule has 0 N–H and O–H groups in total. The molecule has 0 radical (unpaired) electrons. The minimum absolute atomic E-state index is 0.0226. The number of benzene rings is 1. The summed E-state index contributed by atoms with van der Waals surface area (Å²) in [6.07, 6.45) is 0.303. The van der Waals surface area contributed by atoms with E-state index in [1.54, 1.807) is 36.4 Å². The third-order valence-corrected chi connectivity index (χ3v) is 5.52. The standard InChI is InChI=1S/C18H14BrNO5S/c19-15-8-7-14(26-15)13(21)10-25-16(22)6-3-9-20-17(23)11-4-1-2-5-12(11)18(20)24/h1-2,4-5,7-8H,3,6,9-10H2. The number of fused-ring (bicyclic) bond motifs is 1. The Balaban J connectivity index is 1.44. The molecular formula is C18H14BrNO5S. The van der Waals surface area contributed by atoms with Crippen LogP contribution in [0.4, 0.5) is 0 Å². The largest absolute Gasteiger partial charge is 0.457 e. The molecule has 0 spiro atoms. The van der Waals surface area contributed by atoms with Gasteiger partial charge in [0.05, 0.1) is 19.8 Å². The summed E-state index contributed by atoms with van der Waals surface area (Å²) in [7, 11) is 0. The Morgan fingerprint density at radius 1 is 1.04 bits per heavy atom. The van der Waals surface area contributed by atoms with Crippen molar-refractivity contribution in [2.75, 3.05) is 13.2 Å². The number of thiophene rings is 1. The lowest BCUT2D eigenvalue weighted by molar-refractivity contribution is -0.142. The van der Waals surface area contributed by atoms with Gasteiger partial charge in [-0.1, -0.05) is 12.1 Å². The second-order valence-corrected chi connectivity index (χ2v) is 8.06. The molecule has 3 rings (SSSR count). The average Bonchev–Trinajstić information content (AvgIpc) is 3.17. The van der Waals surface area contributed by atoms with E-state index in [-0.39, 0.29) is 43.6 Å². The molecule has 0 unspecified atom stereocenters. The molecule has 6 nitrogen and oxygen atoms in total. The molecule has 0 saturated heterocycles. The Morgan fingerprint density at radius 3 is 2.27 bits per heavy atom. The fourth-order valence-electron chi connectivity index (χ4n) is 2.58. The van der Waals surface area contributed by atoms with Crippen LogP contribution in [0.5, 0.6) is 0 Å². The van der Waals surface area contributed by atoms with Crippen molar-refractivity contribution < 1.29 is 23.9 Å². The zero-order valence-electron chi connectivity index (χ0n) is 13.6. The molecule has 134 valence electrons. The summed E-state index contributed by atoms with van der Waals surface area (Å²) in [4.78, 5) is 49.7. The minimum Gasteiger partial charge on any atom is -0.457 e. The minimum atomic E-state index is -0.536. The zero-order chi connectivity index (χ0) is 18.7. The summed E-state index contributed by atoms with van der Waals surface area (Å²) in [6.45, 7) is -0.188. The van der Waals surface area contributed by atoms with E-state index in [1.165, 1.54) is 11.3 Å². The number of rotatable bonds is 7. The first kappa shape index (κ1) is 18.5. The van der Waals surface area contributed by atoms with Gasteiger partial charge in [-0.05, 0) is 46.6 Å². The summed E-state index contributed by atoms with van der Waals surface area (Å²) < 4.78 is 5.79. The molecule has 0 fully saturated rings. The van der Waals surface area contributed by atoms with E-state index in [0.717, 1.165) is 8.69 Å². The van der Waals surface area contributed by atoms with E-state index in [4.69, 9.17) is 4.74 Å². The van der Waals surface area contributed by atoms with Crippen LogP contribution in [0, 0.1) is 0 Å². The number of hydrogen-bond donors (Lipinski definition) is 0. The average molecular weight is 436 g/mol. The van der Waals surface area contributed by atoms with Crippen molar-refractivity contribution in [3.63, 3.8) is 0 Å². The topological polar surface area (TPSA) is 80.8 Å². The van der Waals surface area contributed by atoms with E-state index in [9.17, 15) is 19.2 Å². The van der Waals surface area contributed by atoms with Gasteiger partial charge in [-0.2, -0.15) is 0 Å². The lowest BCUT2D eigenvalue weighted by atomic mass is 10.1. The Morgan fingerprint density at radius 2 is 1.69 bits per heavy atom. The lowest BCUT2D eigenvalue weighted by Crippen LogP contribution is -2.31. The zero-order valence-corrected chi connectivity index (χ0v) is 16.0. The van der Waals surface area contributed by atoms with Gasteiger partial charge in [0.1, 0.15) is 0 Å². The van der Waals surface area contributed by atoms with Crippen molar-refractivity contribution in [2.45, 2.75) is 12.8 Å². The van der Waals surface area contributed by atoms with Crippen LogP contribution in [0.25, 0.3) is 0 Å². The first-order valence-corrected chi connectivity index (χ1v) is 9.47. The number of esters is 1. The van der Waals surface area contributed by atoms with Gasteiger partial charge in [0.25, 0.3) is 11.8 Å². The normalized spacial score (nSPS) is 13.0. The number of carbonyl (C=O) groups excluding carboxylic acids is 4. The smallest absolute Gasteiger partial charge is 0.306 e. The molecular weight excluding hydrogens is 422 g/mol. The maximum absolute atomic E-state index is 12.2. The van der Waals surface area contributed by atoms with Gasteiger partial charge >= 0.3 is 5.97 Å². The second kappa shape index (κ2) is 7.92. The third kappa shape index (κ3) is 3.91. The highest BCUT2D eigenvalue weighted by atomic mass is 79.9. The van der Waals surface area contributed by atoms with Gasteiger partial charge in [-0.25, -0.2) is 0 Å². The number of halogens is 1. The molecule has 2 amide bonds. The van der Waals surface area contributed by atoms with Crippen molar-refractivity contribution in [1.29, 1.82) is 0 Å². The molecule has 0 saturated carbocycles. The Hall–Kier alpha value is -2.32. The number of ether oxygens (including phenoxy) is 1. The molecule has 8 heteroatoms. The first-order chi connectivity index (χ1) is 12.5. The summed E-state index contributed by atoms with van der Waals surface area (Å²) in [5, 5.41) is 0. The summed E-state index contributed by atoms with van der Waals surface area (Å²) >= 11 is 4.54. The number of imide groups is 1. The lowest BCUT2D eigenvalue weighted by Gasteiger charge is -2.13. The predicted octanol–water partition coefficient (Wildman–Crippen LogP) is 3.31. The van der Waals surface area contributed by atoms with Gasteiger partial charge in [0, 0.05) is 13.0 Å². The van der Waals surface area contributed by atoms with E-state index in [1.807, 2.05) is 0 Å². The van der Waals surface area contributed by atoms with Gasteiger partial charge in [-0.15, -0.1) is 11.3 Å².